The summed E-state index contributed by atoms with van der Waals surface area (Å²) in [7, 11) is 0. The summed E-state index contributed by atoms with van der Waals surface area (Å²) in [5.41, 5.74) is 0.773. The van der Waals surface area contributed by atoms with Gasteiger partial charge in [0.05, 0.1) is 12.2 Å². The molecule has 112 valence electrons. The molecule has 3 rings (SSSR count). The Morgan fingerprint density at radius 3 is 2.55 bits per heavy atom. The molecule has 0 aliphatic heterocycles. The van der Waals surface area contributed by atoms with Crippen molar-refractivity contribution >= 4 is 28.6 Å². The van der Waals surface area contributed by atoms with Crippen molar-refractivity contribution in [1.29, 1.82) is 0 Å². The summed E-state index contributed by atoms with van der Waals surface area (Å²) in [5, 5.41) is 3.25. The molecule has 2 aromatic carbocycles. The highest BCUT2D eigenvalue weighted by atomic mass is 35.5. The molecule has 1 N–H and O–H groups in total. The number of rotatable bonds is 5. The topological polar surface area (TPSA) is 34.1 Å². The largest absolute Gasteiger partial charge is 0.452 e. The molecule has 1 heterocycles. The van der Waals surface area contributed by atoms with Crippen LogP contribution in [0.1, 0.15) is 4.88 Å². The van der Waals surface area contributed by atoms with Gasteiger partial charge in [-0.3, -0.25) is 0 Å². The van der Waals surface area contributed by atoms with Gasteiger partial charge >= 0.3 is 0 Å². The molecule has 0 unspecified atom stereocenters. The molecule has 0 aliphatic rings. The highest BCUT2D eigenvalue weighted by Crippen LogP contribution is 2.31. The number of benzene rings is 2. The Balaban J connectivity index is 1.76. The third-order valence-electron chi connectivity index (χ3n) is 2.92. The molecule has 6 heteroatoms. The Morgan fingerprint density at radius 1 is 1.09 bits per heavy atom. The monoisotopic (exact) mass is 334 g/mol. The molecular formula is C16H12ClFN2OS. The first-order chi connectivity index (χ1) is 10.7. The van der Waals surface area contributed by atoms with Crippen LogP contribution < -0.4 is 10.1 Å². The van der Waals surface area contributed by atoms with E-state index in [1.165, 1.54) is 17.4 Å². The summed E-state index contributed by atoms with van der Waals surface area (Å²) in [4.78, 5) is 5.00. The number of hydrogen-bond donors (Lipinski definition) is 1. The van der Waals surface area contributed by atoms with Crippen LogP contribution in [0.2, 0.25) is 4.47 Å². The molecule has 0 bridgehead atoms. The molecule has 0 aliphatic carbocycles. The zero-order valence-corrected chi connectivity index (χ0v) is 13.0. The SMILES string of the molecule is Fc1ccccc1Oc1ccccc1NCc1cnc(Cl)s1. The lowest BCUT2D eigenvalue weighted by Gasteiger charge is -2.12. The fraction of sp³-hybridized carbons (Fsp3) is 0.0625. The molecule has 0 atom stereocenters. The summed E-state index contributed by atoms with van der Waals surface area (Å²) < 4.78 is 19.9. The molecule has 3 nitrogen and oxygen atoms in total. The van der Waals surface area contributed by atoms with Gasteiger partial charge in [-0.15, -0.1) is 11.3 Å². The van der Waals surface area contributed by atoms with Crippen molar-refractivity contribution < 1.29 is 9.13 Å². The number of anilines is 1. The quantitative estimate of drug-likeness (QED) is 0.683. The first kappa shape index (κ1) is 14.8. The summed E-state index contributed by atoms with van der Waals surface area (Å²) in [6.07, 6.45) is 1.72. The van der Waals surface area contributed by atoms with Gasteiger partial charge in [0.2, 0.25) is 0 Å². The second-order valence-corrected chi connectivity index (χ2v) is 6.16. The molecule has 1 aromatic heterocycles. The van der Waals surface area contributed by atoms with Crippen molar-refractivity contribution in [2.75, 3.05) is 5.32 Å². The summed E-state index contributed by atoms with van der Waals surface area (Å²) in [5.74, 6) is 0.354. The lowest BCUT2D eigenvalue weighted by Crippen LogP contribution is -2.00. The molecule has 0 saturated heterocycles. The highest BCUT2D eigenvalue weighted by molar-refractivity contribution is 7.15. The first-order valence-electron chi connectivity index (χ1n) is 6.58. The van der Waals surface area contributed by atoms with Gasteiger partial charge < -0.3 is 10.1 Å². The van der Waals surface area contributed by atoms with Crippen molar-refractivity contribution in [3.63, 3.8) is 0 Å². The Kier molecular flexibility index (Phi) is 4.56. The van der Waals surface area contributed by atoms with Crippen LogP contribution in [0.3, 0.4) is 0 Å². The second-order valence-electron chi connectivity index (χ2n) is 4.46. The van der Waals surface area contributed by atoms with E-state index in [0.717, 1.165) is 10.6 Å². The van der Waals surface area contributed by atoms with Crippen LogP contribution in [0.25, 0.3) is 0 Å². The third-order valence-corrected chi connectivity index (χ3v) is 4.04. The minimum Gasteiger partial charge on any atom is -0.452 e. The average molecular weight is 335 g/mol. The molecule has 3 aromatic rings. The van der Waals surface area contributed by atoms with E-state index in [9.17, 15) is 4.39 Å². The Bertz CT molecular complexity index is 778. The number of ether oxygens (including phenoxy) is 1. The molecule has 0 spiro atoms. The van der Waals surface area contributed by atoms with Crippen molar-refractivity contribution in [3.05, 3.63) is 69.9 Å². The van der Waals surface area contributed by atoms with E-state index < -0.39 is 5.82 Å². The van der Waals surface area contributed by atoms with E-state index in [2.05, 4.69) is 10.3 Å². The molecular weight excluding hydrogens is 323 g/mol. The molecule has 0 fully saturated rings. The Hall–Kier alpha value is -2.11. The third kappa shape index (κ3) is 3.55. The molecule has 0 saturated carbocycles. The maximum absolute atomic E-state index is 13.7. The van der Waals surface area contributed by atoms with E-state index in [1.807, 2.05) is 18.2 Å². The number of aromatic nitrogens is 1. The van der Waals surface area contributed by atoms with Gasteiger partial charge in [0.25, 0.3) is 0 Å². The van der Waals surface area contributed by atoms with Crippen LogP contribution in [0.4, 0.5) is 10.1 Å². The predicted octanol–water partition coefficient (Wildman–Crippen LogP) is 5.34. The minimum atomic E-state index is -0.397. The van der Waals surface area contributed by atoms with Gasteiger partial charge in [-0.2, -0.15) is 0 Å². The summed E-state index contributed by atoms with van der Waals surface area (Å²) in [6.45, 7) is 0.571. The van der Waals surface area contributed by atoms with Crippen molar-refractivity contribution in [2.24, 2.45) is 0 Å². The predicted molar refractivity (Wildman–Crippen MR) is 87.4 cm³/mol. The minimum absolute atomic E-state index is 0.192. The fourth-order valence-corrected chi connectivity index (χ4v) is 2.81. The lowest BCUT2D eigenvalue weighted by atomic mass is 10.2. The summed E-state index contributed by atoms with van der Waals surface area (Å²) >= 11 is 7.22. The molecule has 0 radical (unpaired) electrons. The van der Waals surface area contributed by atoms with Gasteiger partial charge in [0, 0.05) is 11.1 Å². The Labute approximate surface area is 136 Å². The maximum atomic E-state index is 13.7. The van der Waals surface area contributed by atoms with E-state index in [-0.39, 0.29) is 5.75 Å². The molecule has 0 amide bonds. The van der Waals surface area contributed by atoms with Crippen LogP contribution in [0, 0.1) is 5.82 Å². The normalized spacial score (nSPS) is 10.5. The average Bonchev–Trinajstić information content (AvgIpc) is 2.94. The fourth-order valence-electron chi connectivity index (χ4n) is 1.90. The van der Waals surface area contributed by atoms with E-state index in [4.69, 9.17) is 16.3 Å². The van der Waals surface area contributed by atoms with Crippen LogP contribution in [-0.2, 0) is 6.54 Å². The lowest BCUT2D eigenvalue weighted by molar-refractivity contribution is 0.443. The van der Waals surface area contributed by atoms with Crippen LogP contribution in [-0.4, -0.2) is 4.98 Å². The van der Waals surface area contributed by atoms with Crippen molar-refractivity contribution in [2.45, 2.75) is 6.54 Å². The maximum Gasteiger partial charge on any atom is 0.183 e. The van der Waals surface area contributed by atoms with Gasteiger partial charge in [-0.05, 0) is 24.3 Å². The van der Waals surface area contributed by atoms with Crippen molar-refractivity contribution in [1.82, 2.24) is 4.98 Å². The second kappa shape index (κ2) is 6.77. The number of para-hydroxylation sites is 3. The van der Waals surface area contributed by atoms with Gasteiger partial charge in [-0.25, -0.2) is 9.37 Å². The van der Waals surface area contributed by atoms with E-state index in [0.29, 0.717) is 16.8 Å². The number of halogens is 2. The van der Waals surface area contributed by atoms with Gasteiger partial charge in [-0.1, -0.05) is 35.9 Å². The van der Waals surface area contributed by atoms with E-state index in [1.54, 1.807) is 30.5 Å². The smallest absolute Gasteiger partial charge is 0.183 e. The van der Waals surface area contributed by atoms with Crippen LogP contribution in [0.15, 0.2) is 54.7 Å². The van der Waals surface area contributed by atoms with Gasteiger partial charge in [0.15, 0.2) is 21.8 Å². The van der Waals surface area contributed by atoms with E-state index >= 15 is 0 Å². The zero-order valence-electron chi connectivity index (χ0n) is 11.4. The number of nitrogens with one attached hydrogen (secondary N) is 1. The standard InChI is InChI=1S/C16H12ClFN2OS/c17-16-20-10-11(22-16)9-19-13-6-2-4-8-15(13)21-14-7-3-1-5-12(14)18/h1-8,10,19H,9H2. The number of hydrogen-bond acceptors (Lipinski definition) is 4. The van der Waals surface area contributed by atoms with Crippen molar-refractivity contribution in [3.8, 4) is 11.5 Å². The number of thiazole rings is 1. The highest BCUT2D eigenvalue weighted by Gasteiger charge is 2.08. The summed E-state index contributed by atoms with van der Waals surface area (Å²) in [6, 6.07) is 13.7. The molecule has 22 heavy (non-hydrogen) atoms. The first-order valence-corrected chi connectivity index (χ1v) is 7.77. The number of nitrogens with zero attached hydrogens (tertiary/aromatic N) is 1. The van der Waals surface area contributed by atoms with Crippen LogP contribution in [0.5, 0.6) is 11.5 Å². The Morgan fingerprint density at radius 2 is 1.82 bits per heavy atom. The van der Waals surface area contributed by atoms with Crippen LogP contribution >= 0.6 is 22.9 Å². The zero-order chi connectivity index (χ0) is 15.4. The van der Waals surface area contributed by atoms with Gasteiger partial charge in [0.1, 0.15) is 0 Å².